The fraction of sp³-hybridized carbons (Fsp3) is 0.500. The number of thioether (sulfide) groups is 1. The van der Waals surface area contributed by atoms with Crippen LogP contribution in [0.25, 0.3) is 0 Å². The van der Waals surface area contributed by atoms with Crippen LogP contribution >= 0.6 is 11.8 Å². The van der Waals surface area contributed by atoms with Gasteiger partial charge in [-0.1, -0.05) is 11.8 Å². The third-order valence-electron chi connectivity index (χ3n) is 1.59. The van der Waals surface area contributed by atoms with Crippen LogP contribution in [0.1, 0.15) is 13.8 Å². The van der Waals surface area contributed by atoms with E-state index in [1.165, 1.54) is 0 Å². The Morgan fingerprint density at radius 2 is 2.25 bits per heavy atom. The van der Waals surface area contributed by atoms with Crippen molar-refractivity contribution in [2.75, 3.05) is 6.61 Å². The fourth-order valence-corrected chi connectivity index (χ4v) is 1.65. The number of ether oxygens (including phenoxy) is 1. The highest BCUT2D eigenvalue weighted by Gasteiger charge is 2.18. The summed E-state index contributed by atoms with van der Waals surface area (Å²) in [5, 5.41) is 5.09. The maximum Gasteiger partial charge on any atom is 0.342 e. The van der Waals surface area contributed by atoms with Gasteiger partial charge in [-0.05, 0) is 13.8 Å². The number of carbonyl (C=O) groups is 1. The van der Waals surface area contributed by atoms with Gasteiger partial charge >= 0.3 is 11.7 Å². The number of aromatic amines is 2. The van der Waals surface area contributed by atoms with Crippen molar-refractivity contribution in [2.24, 2.45) is 0 Å². The van der Waals surface area contributed by atoms with Crippen LogP contribution in [0.3, 0.4) is 0 Å². The SMILES string of the molecule is CCOC(=O)[C@H](C)Sc1n[nH]c(=O)[nH]c1=O. The van der Waals surface area contributed by atoms with E-state index in [4.69, 9.17) is 4.74 Å². The van der Waals surface area contributed by atoms with Crippen LogP contribution in [0.2, 0.25) is 0 Å². The van der Waals surface area contributed by atoms with Crippen LogP contribution in [0, 0.1) is 0 Å². The second-order valence-corrected chi connectivity index (χ2v) is 4.15. The molecular weight excluding hydrogens is 234 g/mol. The Labute approximate surface area is 94.6 Å². The van der Waals surface area contributed by atoms with E-state index < -0.39 is 22.5 Å². The highest BCUT2D eigenvalue weighted by molar-refractivity contribution is 8.00. The van der Waals surface area contributed by atoms with Crippen LogP contribution in [-0.2, 0) is 9.53 Å². The molecule has 0 saturated carbocycles. The number of aromatic nitrogens is 3. The maximum atomic E-state index is 11.3. The van der Waals surface area contributed by atoms with Crippen molar-refractivity contribution in [3.05, 3.63) is 20.8 Å². The van der Waals surface area contributed by atoms with E-state index in [-0.39, 0.29) is 11.6 Å². The van der Waals surface area contributed by atoms with Gasteiger partial charge in [-0.15, -0.1) is 0 Å². The van der Waals surface area contributed by atoms with E-state index in [0.717, 1.165) is 11.8 Å². The number of hydrogen-bond acceptors (Lipinski definition) is 6. The average Bonchev–Trinajstić information content (AvgIpc) is 2.22. The first-order valence-corrected chi connectivity index (χ1v) is 5.44. The van der Waals surface area contributed by atoms with Crippen molar-refractivity contribution in [2.45, 2.75) is 24.1 Å². The zero-order valence-electron chi connectivity index (χ0n) is 8.77. The molecule has 1 rings (SSSR count). The van der Waals surface area contributed by atoms with E-state index in [1.54, 1.807) is 13.8 Å². The summed E-state index contributed by atoms with van der Waals surface area (Å²) in [6.07, 6.45) is 0. The minimum Gasteiger partial charge on any atom is -0.465 e. The first kappa shape index (κ1) is 12.5. The van der Waals surface area contributed by atoms with Crippen LogP contribution < -0.4 is 11.2 Å². The van der Waals surface area contributed by atoms with Crippen molar-refractivity contribution in [3.63, 3.8) is 0 Å². The molecule has 0 aliphatic heterocycles. The number of carbonyl (C=O) groups excluding carboxylic acids is 1. The molecule has 88 valence electrons. The second-order valence-electron chi connectivity index (χ2n) is 2.82. The molecule has 0 unspecified atom stereocenters. The molecule has 1 atom stereocenters. The largest absolute Gasteiger partial charge is 0.465 e. The van der Waals surface area contributed by atoms with Gasteiger partial charge in [0, 0.05) is 0 Å². The third kappa shape index (κ3) is 3.23. The van der Waals surface area contributed by atoms with Gasteiger partial charge in [-0.2, -0.15) is 5.10 Å². The Hall–Kier alpha value is -1.57. The van der Waals surface area contributed by atoms with E-state index in [9.17, 15) is 14.4 Å². The highest BCUT2D eigenvalue weighted by Crippen LogP contribution is 2.17. The zero-order valence-corrected chi connectivity index (χ0v) is 9.59. The Bertz CT molecular complexity index is 481. The van der Waals surface area contributed by atoms with Gasteiger partial charge in [0.05, 0.1) is 6.61 Å². The number of rotatable bonds is 4. The van der Waals surface area contributed by atoms with E-state index in [2.05, 4.69) is 10.2 Å². The standard InChI is InChI=1S/C8H11N3O4S/c1-3-15-7(13)4(2)16-6-5(12)9-8(14)11-10-6/h4H,3H2,1-2H3,(H2,9,11,12,14)/t4-/m0/s1. The van der Waals surface area contributed by atoms with Crippen LogP contribution in [0.15, 0.2) is 14.6 Å². The lowest BCUT2D eigenvalue weighted by molar-refractivity contribution is -0.142. The van der Waals surface area contributed by atoms with Crippen molar-refractivity contribution >= 4 is 17.7 Å². The van der Waals surface area contributed by atoms with Crippen molar-refractivity contribution in [3.8, 4) is 0 Å². The van der Waals surface area contributed by atoms with E-state index >= 15 is 0 Å². The van der Waals surface area contributed by atoms with Crippen molar-refractivity contribution in [1.29, 1.82) is 0 Å². The average molecular weight is 245 g/mol. The molecule has 1 aromatic heterocycles. The monoisotopic (exact) mass is 245 g/mol. The number of H-pyrrole nitrogens is 2. The topological polar surface area (TPSA) is 105 Å². The fourth-order valence-electron chi connectivity index (χ4n) is 0.892. The Balaban J connectivity index is 2.77. The van der Waals surface area contributed by atoms with Crippen LogP contribution in [-0.4, -0.2) is 33.0 Å². The molecule has 0 bridgehead atoms. The molecule has 8 heteroatoms. The van der Waals surface area contributed by atoms with E-state index in [0.29, 0.717) is 0 Å². The summed E-state index contributed by atoms with van der Waals surface area (Å²) < 4.78 is 4.77. The smallest absolute Gasteiger partial charge is 0.342 e. The summed E-state index contributed by atoms with van der Waals surface area (Å²) >= 11 is 0.927. The number of hydrogen-bond donors (Lipinski definition) is 2. The molecule has 0 fully saturated rings. The Morgan fingerprint density at radius 1 is 1.56 bits per heavy atom. The molecule has 0 spiro atoms. The van der Waals surface area contributed by atoms with Gasteiger partial charge in [0.25, 0.3) is 5.56 Å². The Kier molecular flexibility index (Phi) is 4.29. The van der Waals surface area contributed by atoms with Gasteiger partial charge in [0.1, 0.15) is 5.25 Å². The van der Waals surface area contributed by atoms with Gasteiger partial charge in [-0.25, -0.2) is 9.89 Å². The molecule has 16 heavy (non-hydrogen) atoms. The molecule has 0 amide bonds. The number of nitrogens with one attached hydrogen (secondary N) is 2. The first-order chi connectivity index (χ1) is 7.54. The zero-order chi connectivity index (χ0) is 12.1. The molecule has 7 nitrogen and oxygen atoms in total. The Morgan fingerprint density at radius 3 is 2.81 bits per heavy atom. The van der Waals surface area contributed by atoms with Crippen LogP contribution in [0.4, 0.5) is 0 Å². The summed E-state index contributed by atoms with van der Waals surface area (Å²) in [5.41, 5.74) is -1.30. The normalized spacial score (nSPS) is 12.1. The summed E-state index contributed by atoms with van der Waals surface area (Å²) in [5.74, 6) is -0.431. The minimum absolute atomic E-state index is 0.0279. The molecule has 2 N–H and O–H groups in total. The number of nitrogens with zero attached hydrogens (tertiary/aromatic N) is 1. The summed E-state index contributed by atoms with van der Waals surface area (Å²) in [7, 11) is 0. The van der Waals surface area contributed by atoms with Gasteiger partial charge in [0.2, 0.25) is 0 Å². The lowest BCUT2D eigenvalue weighted by Crippen LogP contribution is -2.27. The third-order valence-corrected chi connectivity index (χ3v) is 2.63. The molecular formula is C8H11N3O4S. The predicted molar refractivity (Wildman–Crippen MR) is 57.4 cm³/mol. The van der Waals surface area contributed by atoms with Gasteiger partial charge in [0.15, 0.2) is 5.03 Å². The van der Waals surface area contributed by atoms with Gasteiger partial charge in [-0.3, -0.25) is 14.6 Å². The molecule has 0 radical (unpaired) electrons. The van der Waals surface area contributed by atoms with Gasteiger partial charge < -0.3 is 4.74 Å². The second kappa shape index (κ2) is 5.50. The van der Waals surface area contributed by atoms with E-state index in [1.807, 2.05) is 4.98 Å². The summed E-state index contributed by atoms with van der Waals surface area (Å²) in [6, 6.07) is 0. The summed E-state index contributed by atoms with van der Waals surface area (Å²) in [4.78, 5) is 35.2. The predicted octanol–water partition coefficient (Wildman–Crippen LogP) is -0.498. The molecule has 0 aromatic carbocycles. The molecule has 0 aliphatic rings. The van der Waals surface area contributed by atoms with Crippen LogP contribution in [0.5, 0.6) is 0 Å². The van der Waals surface area contributed by atoms with Crippen molar-refractivity contribution in [1.82, 2.24) is 15.2 Å². The quantitative estimate of drug-likeness (QED) is 0.547. The lowest BCUT2D eigenvalue weighted by Gasteiger charge is -2.07. The minimum atomic E-state index is -0.682. The molecule has 1 aromatic rings. The molecule has 0 saturated heterocycles. The highest BCUT2D eigenvalue weighted by atomic mass is 32.2. The molecule has 0 aliphatic carbocycles. The van der Waals surface area contributed by atoms with Crippen molar-refractivity contribution < 1.29 is 9.53 Å². The lowest BCUT2D eigenvalue weighted by atomic mass is 10.5. The molecule has 1 heterocycles. The maximum absolute atomic E-state index is 11.3. The number of esters is 1. The first-order valence-electron chi connectivity index (χ1n) is 4.57. The summed E-state index contributed by atoms with van der Waals surface area (Å²) in [6.45, 7) is 3.56.